The fraction of sp³-hybridized carbons (Fsp3) is 0.143. The van der Waals surface area contributed by atoms with Crippen molar-refractivity contribution in [1.82, 2.24) is 4.98 Å². The van der Waals surface area contributed by atoms with Crippen molar-refractivity contribution in [1.29, 1.82) is 0 Å². The molecule has 1 aromatic heterocycles. The minimum atomic E-state index is -4.53. The van der Waals surface area contributed by atoms with Gasteiger partial charge in [-0.1, -0.05) is 0 Å². The number of anilines is 1. The van der Waals surface area contributed by atoms with E-state index in [9.17, 15) is 22.4 Å². The van der Waals surface area contributed by atoms with Crippen molar-refractivity contribution in [3.8, 4) is 0 Å². The summed E-state index contributed by atoms with van der Waals surface area (Å²) in [5, 5.41) is 2.41. The average molecular weight is 298 g/mol. The van der Waals surface area contributed by atoms with E-state index >= 15 is 0 Å². The topological polar surface area (TPSA) is 42.0 Å². The number of benzene rings is 1. The van der Waals surface area contributed by atoms with Gasteiger partial charge in [0.1, 0.15) is 11.5 Å². The van der Waals surface area contributed by atoms with E-state index in [0.717, 1.165) is 24.4 Å². The summed E-state index contributed by atoms with van der Waals surface area (Å²) in [6.07, 6.45) is -3.62. The molecule has 0 saturated heterocycles. The number of alkyl halides is 3. The van der Waals surface area contributed by atoms with Crippen LogP contribution in [0.1, 0.15) is 21.6 Å². The molecule has 0 atom stereocenters. The van der Waals surface area contributed by atoms with E-state index < -0.39 is 23.6 Å². The van der Waals surface area contributed by atoms with Gasteiger partial charge in [-0.05, 0) is 42.8 Å². The first kappa shape index (κ1) is 15.0. The highest BCUT2D eigenvalue weighted by Crippen LogP contribution is 2.27. The van der Waals surface area contributed by atoms with Gasteiger partial charge in [-0.3, -0.25) is 4.79 Å². The summed E-state index contributed by atoms with van der Waals surface area (Å²) in [5.74, 6) is -1.02. The standard InChI is InChI=1S/C14H10F4N2O/c1-8-6-9(15)2-4-11(8)13(21)20-10-3-5-12(19-7-10)14(16,17)18/h2-7H,1H3,(H,20,21). The van der Waals surface area contributed by atoms with Crippen LogP contribution in [0.25, 0.3) is 0 Å². The molecule has 0 fully saturated rings. The van der Waals surface area contributed by atoms with Gasteiger partial charge in [0.2, 0.25) is 0 Å². The van der Waals surface area contributed by atoms with Crippen molar-refractivity contribution in [2.24, 2.45) is 0 Å². The van der Waals surface area contributed by atoms with E-state index in [1.165, 1.54) is 12.1 Å². The van der Waals surface area contributed by atoms with E-state index in [2.05, 4.69) is 10.3 Å². The first-order chi connectivity index (χ1) is 9.77. The monoisotopic (exact) mass is 298 g/mol. The summed E-state index contributed by atoms with van der Waals surface area (Å²) in [5.41, 5.74) is -0.265. The molecule has 0 saturated carbocycles. The maximum atomic E-state index is 12.9. The zero-order valence-corrected chi connectivity index (χ0v) is 10.8. The second-order valence-electron chi connectivity index (χ2n) is 4.34. The van der Waals surface area contributed by atoms with Crippen LogP contribution in [0, 0.1) is 12.7 Å². The number of hydrogen-bond donors (Lipinski definition) is 1. The number of carbonyl (C=O) groups is 1. The number of rotatable bonds is 2. The molecule has 1 N–H and O–H groups in total. The molecule has 0 bridgehead atoms. The van der Waals surface area contributed by atoms with E-state index in [-0.39, 0.29) is 11.3 Å². The van der Waals surface area contributed by atoms with Crippen LogP contribution in [-0.2, 0) is 6.18 Å². The average Bonchev–Trinajstić information content (AvgIpc) is 2.38. The van der Waals surface area contributed by atoms with E-state index in [1.54, 1.807) is 6.92 Å². The van der Waals surface area contributed by atoms with Crippen LogP contribution in [0.4, 0.5) is 23.2 Å². The Hall–Kier alpha value is -2.44. The van der Waals surface area contributed by atoms with Gasteiger partial charge in [-0.2, -0.15) is 13.2 Å². The summed E-state index contributed by atoms with van der Waals surface area (Å²) in [7, 11) is 0. The molecule has 3 nitrogen and oxygen atoms in total. The molecule has 2 rings (SSSR count). The SMILES string of the molecule is Cc1cc(F)ccc1C(=O)Nc1ccc(C(F)(F)F)nc1. The van der Waals surface area contributed by atoms with Crippen molar-refractivity contribution in [3.63, 3.8) is 0 Å². The van der Waals surface area contributed by atoms with Crippen LogP contribution in [0.5, 0.6) is 0 Å². The summed E-state index contributed by atoms with van der Waals surface area (Å²) in [4.78, 5) is 15.2. The van der Waals surface area contributed by atoms with Crippen molar-refractivity contribution in [3.05, 3.63) is 59.2 Å². The molecule has 0 aliphatic carbocycles. The van der Waals surface area contributed by atoms with Gasteiger partial charge in [0.25, 0.3) is 5.91 Å². The third kappa shape index (κ3) is 3.56. The van der Waals surface area contributed by atoms with Crippen LogP contribution in [0.3, 0.4) is 0 Å². The second kappa shape index (κ2) is 5.51. The predicted octanol–water partition coefficient (Wildman–Crippen LogP) is 3.80. The van der Waals surface area contributed by atoms with Gasteiger partial charge in [-0.25, -0.2) is 9.37 Å². The van der Waals surface area contributed by atoms with Crippen molar-refractivity contribution >= 4 is 11.6 Å². The third-order valence-corrected chi connectivity index (χ3v) is 2.74. The normalized spacial score (nSPS) is 11.3. The molecule has 0 radical (unpaired) electrons. The first-order valence-electron chi connectivity index (χ1n) is 5.88. The van der Waals surface area contributed by atoms with Crippen molar-refractivity contribution < 1.29 is 22.4 Å². The number of aromatic nitrogens is 1. The highest BCUT2D eigenvalue weighted by atomic mass is 19.4. The number of halogens is 4. The van der Waals surface area contributed by atoms with Crippen LogP contribution in [-0.4, -0.2) is 10.9 Å². The smallest absolute Gasteiger partial charge is 0.321 e. The molecule has 110 valence electrons. The molecule has 0 aliphatic heterocycles. The van der Waals surface area contributed by atoms with Gasteiger partial charge in [0, 0.05) is 5.56 Å². The lowest BCUT2D eigenvalue weighted by molar-refractivity contribution is -0.141. The molecule has 7 heteroatoms. The molecule has 0 unspecified atom stereocenters. The van der Waals surface area contributed by atoms with Gasteiger partial charge < -0.3 is 5.32 Å². The second-order valence-corrected chi connectivity index (χ2v) is 4.34. The van der Waals surface area contributed by atoms with E-state index in [1.807, 2.05) is 0 Å². The van der Waals surface area contributed by atoms with Crippen LogP contribution < -0.4 is 5.32 Å². The Morgan fingerprint density at radius 1 is 1.19 bits per heavy atom. The lowest BCUT2D eigenvalue weighted by atomic mass is 10.1. The van der Waals surface area contributed by atoms with Crippen molar-refractivity contribution in [2.45, 2.75) is 13.1 Å². The zero-order chi connectivity index (χ0) is 15.6. The molecule has 1 heterocycles. The number of pyridine rings is 1. The summed E-state index contributed by atoms with van der Waals surface area (Å²) in [6, 6.07) is 5.50. The van der Waals surface area contributed by atoms with E-state index in [0.29, 0.717) is 5.56 Å². The number of nitrogens with one attached hydrogen (secondary N) is 1. The fourth-order valence-corrected chi connectivity index (χ4v) is 1.72. The van der Waals surface area contributed by atoms with Crippen LogP contribution in [0.2, 0.25) is 0 Å². The molecular weight excluding hydrogens is 288 g/mol. The van der Waals surface area contributed by atoms with Gasteiger partial charge >= 0.3 is 6.18 Å². The summed E-state index contributed by atoms with van der Waals surface area (Å²) in [6.45, 7) is 1.56. The number of hydrogen-bond acceptors (Lipinski definition) is 2. The minimum absolute atomic E-state index is 0.122. The zero-order valence-electron chi connectivity index (χ0n) is 10.8. The van der Waals surface area contributed by atoms with Gasteiger partial charge in [-0.15, -0.1) is 0 Å². The maximum absolute atomic E-state index is 12.9. The van der Waals surface area contributed by atoms with E-state index in [4.69, 9.17) is 0 Å². The number of carbonyl (C=O) groups excluding carboxylic acids is 1. The highest BCUT2D eigenvalue weighted by molar-refractivity contribution is 6.05. The molecule has 0 spiro atoms. The molecular formula is C14H10F4N2O. The van der Waals surface area contributed by atoms with Crippen LogP contribution >= 0.6 is 0 Å². The Balaban J connectivity index is 2.16. The molecule has 2 aromatic rings. The number of amides is 1. The first-order valence-corrected chi connectivity index (χ1v) is 5.88. The summed E-state index contributed by atoms with van der Waals surface area (Å²) >= 11 is 0. The minimum Gasteiger partial charge on any atom is -0.321 e. The van der Waals surface area contributed by atoms with Gasteiger partial charge in [0.15, 0.2) is 0 Å². The molecule has 1 amide bonds. The third-order valence-electron chi connectivity index (χ3n) is 2.74. The fourth-order valence-electron chi connectivity index (χ4n) is 1.72. The molecule has 1 aromatic carbocycles. The maximum Gasteiger partial charge on any atom is 0.433 e. The van der Waals surface area contributed by atoms with Crippen molar-refractivity contribution in [2.75, 3.05) is 5.32 Å². The lowest BCUT2D eigenvalue weighted by Gasteiger charge is -2.09. The highest BCUT2D eigenvalue weighted by Gasteiger charge is 2.32. The lowest BCUT2D eigenvalue weighted by Crippen LogP contribution is -2.14. The Morgan fingerprint density at radius 2 is 1.90 bits per heavy atom. The Bertz CT molecular complexity index is 666. The van der Waals surface area contributed by atoms with Crippen LogP contribution in [0.15, 0.2) is 36.5 Å². The Morgan fingerprint density at radius 3 is 2.43 bits per heavy atom. The largest absolute Gasteiger partial charge is 0.433 e. The number of aryl methyl sites for hydroxylation is 1. The predicted molar refractivity (Wildman–Crippen MR) is 68.3 cm³/mol. The Kier molecular flexibility index (Phi) is 3.93. The summed E-state index contributed by atoms with van der Waals surface area (Å²) < 4.78 is 50.0. The van der Waals surface area contributed by atoms with Gasteiger partial charge in [0.05, 0.1) is 11.9 Å². The molecule has 21 heavy (non-hydrogen) atoms. The number of nitrogens with zero attached hydrogens (tertiary/aromatic N) is 1. The Labute approximate surface area is 117 Å². The molecule has 0 aliphatic rings. The quantitative estimate of drug-likeness (QED) is 0.857.